The quantitative estimate of drug-likeness (QED) is 0.726. The Morgan fingerprint density at radius 2 is 1.74 bits per heavy atom. The van der Waals surface area contributed by atoms with Gasteiger partial charge in [0.25, 0.3) is 0 Å². The van der Waals surface area contributed by atoms with Crippen LogP contribution in [-0.2, 0) is 6.42 Å². The zero-order valence-corrected chi connectivity index (χ0v) is 12.0. The molecule has 0 aliphatic carbocycles. The van der Waals surface area contributed by atoms with Crippen molar-refractivity contribution in [1.82, 2.24) is 0 Å². The Morgan fingerprint density at radius 1 is 1.11 bits per heavy atom. The van der Waals surface area contributed by atoms with E-state index in [2.05, 4.69) is 0 Å². The van der Waals surface area contributed by atoms with E-state index in [0.29, 0.717) is 15.6 Å². The van der Waals surface area contributed by atoms with Crippen molar-refractivity contribution in [2.45, 2.75) is 6.42 Å². The molecule has 2 aromatic carbocycles. The summed E-state index contributed by atoms with van der Waals surface area (Å²) in [6, 6.07) is 11.0. The molecule has 0 saturated carbocycles. The fourth-order valence-corrected chi connectivity index (χ4v) is 2.48. The molecule has 2 rings (SSSR count). The van der Waals surface area contributed by atoms with Crippen LogP contribution in [0.15, 0.2) is 36.4 Å². The lowest BCUT2D eigenvalue weighted by Gasteiger charge is -2.11. The van der Waals surface area contributed by atoms with E-state index in [1.54, 1.807) is 6.07 Å². The molecule has 98 valence electrons. The summed E-state index contributed by atoms with van der Waals surface area (Å²) in [5.74, 6) is -2.13. The number of hydrogen-bond acceptors (Lipinski definition) is 3. The van der Waals surface area contributed by atoms with Gasteiger partial charge in [0.1, 0.15) is 17.1 Å². The van der Waals surface area contributed by atoms with Gasteiger partial charge in [0.05, 0.1) is 3.57 Å². The summed E-state index contributed by atoms with van der Waals surface area (Å²) in [5, 5.41) is 28.7. The number of carbonyl (C=O) groups is 1. The van der Waals surface area contributed by atoms with Crippen LogP contribution in [0.4, 0.5) is 0 Å². The molecule has 0 aromatic heterocycles. The Balaban J connectivity index is 2.50. The van der Waals surface area contributed by atoms with E-state index in [0.717, 1.165) is 5.56 Å². The number of phenols is 2. The van der Waals surface area contributed by atoms with Gasteiger partial charge in [-0.15, -0.1) is 0 Å². The molecule has 0 atom stereocenters. The fourth-order valence-electron chi connectivity index (χ4n) is 1.83. The lowest BCUT2D eigenvalue weighted by molar-refractivity contribution is 0.0690. The molecule has 19 heavy (non-hydrogen) atoms. The number of carboxylic acids is 1. The van der Waals surface area contributed by atoms with Gasteiger partial charge in [0.2, 0.25) is 0 Å². The second-order valence-electron chi connectivity index (χ2n) is 4.06. The maximum absolute atomic E-state index is 11.1. The van der Waals surface area contributed by atoms with Gasteiger partial charge < -0.3 is 15.3 Å². The van der Waals surface area contributed by atoms with Crippen LogP contribution in [-0.4, -0.2) is 21.3 Å². The molecule has 3 N–H and O–H groups in total. The number of hydrogen-bond donors (Lipinski definition) is 3. The average Bonchev–Trinajstić information content (AvgIpc) is 2.37. The number of halogens is 1. The van der Waals surface area contributed by atoms with Crippen molar-refractivity contribution < 1.29 is 20.1 Å². The van der Waals surface area contributed by atoms with E-state index < -0.39 is 17.3 Å². The molecule has 0 spiro atoms. The monoisotopic (exact) mass is 370 g/mol. The van der Waals surface area contributed by atoms with Gasteiger partial charge in [-0.25, -0.2) is 4.79 Å². The standard InChI is InChI=1S/C14H11IO4/c15-10-7-9(6-8-4-2-1-3-5-8)12(16)11(13(10)17)14(18)19/h1-5,7,16-17H,6H2,(H,18,19). The van der Waals surface area contributed by atoms with Gasteiger partial charge in [-0.05, 0) is 34.2 Å². The van der Waals surface area contributed by atoms with E-state index in [4.69, 9.17) is 5.11 Å². The van der Waals surface area contributed by atoms with E-state index in [-0.39, 0.29) is 5.75 Å². The van der Waals surface area contributed by atoms with Crippen LogP contribution in [0.2, 0.25) is 0 Å². The van der Waals surface area contributed by atoms with Gasteiger partial charge in [-0.2, -0.15) is 0 Å². The summed E-state index contributed by atoms with van der Waals surface area (Å²) in [7, 11) is 0. The fraction of sp³-hybridized carbons (Fsp3) is 0.0714. The van der Waals surface area contributed by atoms with E-state index in [1.165, 1.54) is 0 Å². The largest absolute Gasteiger partial charge is 0.507 e. The summed E-state index contributed by atoms with van der Waals surface area (Å²) in [6.45, 7) is 0. The second kappa shape index (κ2) is 5.48. The first kappa shape index (κ1) is 13.7. The van der Waals surface area contributed by atoms with Crippen LogP contribution in [0.3, 0.4) is 0 Å². The molecule has 0 unspecified atom stereocenters. The lowest BCUT2D eigenvalue weighted by atomic mass is 10.0. The highest BCUT2D eigenvalue weighted by atomic mass is 127. The SMILES string of the molecule is O=C(O)c1c(O)c(I)cc(Cc2ccccc2)c1O. The van der Waals surface area contributed by atoms with Crippen LogP contribution in [0.5, 0.6) is 11.5 Å². The molecular weight excluding hydrogens is 359 g/mol. The molecule has 0 fully saturated rings. The maximum atomic E-state index is 11.1. The van der Waals surface area contributed by atoms with Crippen LogP contribution >= 0.6 is 22.6 Å². The lowest BCUT2D eigenvalue weighted by Crippen LogP contribution is -2.02. The number of rotatable bonds is 3. The summed E-state index contributed by atoms with van der Waals surface area (Å²) >= 11 is 1.84. The normalized spacial score (nSPS) is 10.4. The summed E-state index contributed by atoms with van der Waals surface area (Å²) in [5.41, 5.74) is 0.985. The molecule has 5 heteroatoms. The van der Waals surface area contributed by atoms with Gasteiger partial charge in [0.15, 0.2) is 0 Å². The number of aromatic hydroxyl groups is 2. The predicted molar refractivity (Wildman–Crippen MR) is 78.7 cm³/mol. The van der Waals surface area contributed by atoms with Crippen LogP contribution < -0.4 is 0 Å². The van der Waals surface area contributed by atoms with E-state index >= 15 is 0 Å². The molecule has 0 heterocycles. The molecular formula is C14H11IO4. The first-order valence-electron chi connectivity index (χ1n) is 5.51. The third-order valence-electron chi connectivity index (χ3n) is 2.76. The summed E-state index contributed by atoms with van der Waals surface area (Å²) in [4.78, 5) is 11.1. The average molecular weight is 370 g/mol. The third kappa shape index (κ3) is 2.81. The van der Waals surface area contributed by atoms with Crippen molar-refractivity contribution >= 4 is 28.6 Å². The molecule has 0 bridgehead atoms. The molecule has 0 aliphatic rings. The topological polar surface area (TPSA) is 77.8 Å². The van der Waals surface area contributed by atoms with Crippen LogP contribution in [0.1, 0.15) is 21.5 Å². The van der Waals surface area contributed by atoms with Crippen molar-refractivity contribution in [3.05, 3.63) is 56.7 Å². The Hall–Kier alpha value is -1.76. The minimum atomic E-state index is -1.34. The third-order valence-corrected chi connectivity index (χ3v) is 3.58. The Labute approximate surface area is 123 Å². The van der Waals surface area contributed by atoms with Gasteiger partial charge in [0, 0.05) is 12.0 Å². The highest BCUT2D eigenvalue weighted by Crippen LogP contribution is 2.36. The first-order chi connectivity index (χ1) is 9.00. The molecule has 4 nitrogen and oxygen atoms in total. The minimum absolute atomic E-state index is 0.380. The van der Waals surface area contributed by atoms with Crippen LogP contribution in [0.25, 0.3) is 0 Å². The van der Waals surface area contributed by atoms with E-state index in [1.807, 2.05) is 52.9 Å². The maximum Gasteiger partial charge on any atom is 0.343 e. The highest BCUT2D eigenvalue weighted by Gasteiger charge is 2.21. The Morgan fingerprint density at radius 3 is 2.32 bits per heavy atom. The van der Waals surface area contributed by atoms with E-state index in [9.17, 15) is 15.0 Å². The highest BCUT2D eigenvalue weighted by molar-refractivity contribution is 14.1. The minimum Gasteiger partial charge on any atom is -0.507 e. The van der Waals surface area contributed by atoms with Gasteiger partial charge >= 0.3 is 5.97 Å². The molecule has 0 amide bonds. The second-order valence-corrected chi connectivity index (χ2v) is 5.22. The molecule has 0 aliphatic heterocycles. The number of aromatic carboxylic acids is 1. The summed E-state index contributed by atoms with van der Waals surface area (Å²) in [6.07, 6.45) is 0.406. The van der Waals surface area contributed by atoms with Crippen molar-refractivity contribution in [1.29, 1.82) is 0 Å². The smallest absolute Gasteiger partial charge is 0.343 e. The Bertz CT molecular complexity index is 623. The van der Waals surface area contributed by atoms with Crippen molar-refractivity contribution in [3.63, 3.8) is 0 Å². The Kier molecular flexibility index (Phi) is 3.94. The molecule has 0 radical (unpaired) electrons. The predicted octanol–water partition coefficient (Wildman–Crippen LogP) is 2.99. The zero-order chi connectivity index (χ0) is 14.0. The zero-order valence-electron chi connectivity index (χ0n) is 9.80. The van der Waals surface area contributed by atoms with Gasteiger partial charge in [-0.1, -0.05) is 30.3 Å². The first-order valence-corrected chi connectivity index (χ1v) is 6.59. The molecule has 2 aromatic rings. The van der Waals surface area contributed by atoms with Crippen molar-refractivity contribution in [2.75, 3.05) is 0 Å². The van der Waals surface area contributed by atoms with Crippen LogP contribution in [0, 0.1) is 3.57 Å². The number of carboxylic acid groups (broad SMARTS) is 1. The molecule has 0 saturated heterocycles. The number of benzene rings is 2. The summed E-state index contributed by atoms with van der Waals surface area (Å²) < 4.78 is 0.402. The van der Waals surface area contributed by atoms with Gasteiger partial charge in [-0.3, -0.25) is 0 Å². The van der Waals surface area contributed by atoms with Crippen molar-refractivity contribution in [3.8, 4) is 11.5 Å². The van der Waals surface area contributed by atoms with Crippen molar-refractivity contribution in [2.24, 2.45) is 0 Å².